The molecule has 16 rings (SSSR count). The molecule has 16 aliphatic rings. The second kappa shape index (κ2) is 37.2. The number of primary sulfonamides is 1. The Morgan fingerprint density at radius 2 is 0.654 bits per heavy atom. The van der Waals surface area contributed by atoms with Crippen LogP contribution in [0.15, 0.2) is 0 Å². The maximum atomic E-state index is 12.6. The number of carbonyl (C=O) groups is 6. The molecule has 16 saturated carbocycles. The summed E-state index contributed by atoms with van der Waals surface area (Å²) in [6.45, 7) is 31.4. The maximum absolute atomic E-state index is 12.6. The van der Waals surface area contributed by atoms with Crippen molar-refractivity contribution < 1.29 is 75.4 Å². The highest BCUT2D eigenvalue weighted by Crippen LogP contribution is 2.65. The molecule has 0 aromatic carbocycles. The predicted octanol–water partition coefficient (Wildman–Crippen LogP) is 15.9. The van der Waals surface area contributed by atoms with E-state index in [4.69, 9.17) is 45.5 Å². The van der Waals surface area contributed by atoms with E-state index in [1.807, 2.05) is 104 Å². The van der Waals surface area contributed by atoms with Crippen molar-refractivity contribution in [3.63, 3.8) is 0 Å². The molecule has 0 aliphatic heterocycles. The molecule has 0 aromatic rings. The fourth-order valence-corrected chi connectivity index (χ4v) is 20.4. The van der Waals surface area contributed by atoms with Gasteiger partial charge in [-0.05, 0) is 270 Å². The van der Waals surface area contributed by atoms with Crippen LogP contribution in [0.3, 0.4) is 0 Å². The summed E-state index contributed by atoms with van der Waals surface area (Å²) in [5, 5.41) is 20.8. The number of primary amides is 1. The normalized spacial score (nSPS) is 34.1. The molecule has 0 radical (unpaired) electrons. The summed E-state index contributed by atoms with van der Waals surface area (Å²) in [6.07, 6.45) is 38.6. The number of aliphatic hydroxyl groups excluding tert-OH is 1. The molecule has 6 atom stereocenters. The SMILES string of the molecule is C1CC2CCC1C2.C1CC2CCC1C2.CC#N.CCC(C)(C)C(=O)OC.CCC(C)(C)C(=O)OC.CCC(C)(C)C(=O)OC12CC3CC(C1)CC(C(N)=O)(C3)C2.CCC(C)(C)C(=O)OC12CC3CC(CC(OCCO)(C3)C1)C2.CCC(C)(C)C(=O)OC12CC3CC(CC(OCN)(C3)C1)C2.CS(N)(=O)=O. The number of aliphatic hydroxyl groups is 1. The second-order valence-corrected chi connectivity index (χ2v) is 39.6. The molecule has 104 heavy (non-hydrogen) atoms. The summed E-state index contributed by atoms with van der Waals surface area (Å²) >= 11 is 0. The third-order valence-corrected chi connectivity index (χ3v) is 27.1. The standard InChI is InChI=1S/C18H30O4.C17H29NO3.C17H27NO3.2C7H14O2.2C7H12.C2H3N.CH5NO2S/c1-4-16(2,3)15(20)22-18-10-13-7-14(11-18)9-17(8-13,12-18)21-6-5-19;1-4-15(2,3)14(19)21-17-8-12-5-13(9-17)7-16(6-12,10-17)20-11-18;1-4-15(2,3)14(20)21-17-8-11-5-12(9-17)7-16(6-11,10-17)13(18)19;2*1-5-7(2,3)6(8)9-4;2*1-2-7-4-3-6(1)5-7;1-2-3;1-5(2,3)4/h13-14,19H,4-12H2,1-3H3;12-13H,4-11,18H2,1-3H3;11-12H,4-10H2,1-3H3,(H2,18,19);2*5H2,1-4H3;2*6-7H,1-5H2;1H3;1H3,(H2,2,3,4). The van der Waals surface area contributed by atoms with Gasteiger partial charge in [0.15, 0.2) is 0 Å². The van der Waals surface area contributed by atoms with Crippen LogP contribution < -0.4 is 16.6 Å². The van der Waals surface area contributed by atoms with Gasteiger partial charge < -0.3 is 49.7 Å². The average Bonchev–Trinajstić information content (AvgIpc) is 1.37. The molecule has 0 heterocycles. The minimum Gasteiger partial charge on any atom is -0.469 e. The summed E-state index contributed by atoms with van der Waals surface area (Å²) in [6, 6.07) is 1.75. The van der Waals surface area contributed by atoms with Gasteiger partial charge in [-0.25, -0.2) is 13.6 Å². The van der Waals surface area contributed by atoms with Crippen molar-refractivity contribution in [1.29, 1.82) is 5.26 Å². The number of nitrogens with zero attached hydrogens (tertiary/aromatic N) is 1. The van der Waals surface area contributed by atoms with E-state index in [0.717, 1.165) is 128 Å². The largest absolute Gasteiger partial charge is 0.469 e. The van der Waals surface area contributed by atoms with Gasteiger partial charge in [0.1, 0.15) is 16.8 Å². The molecule has 20 nitrogen and oxygen atoms in total. The van der Waals surface area contributed by atoms with Crippen LogP contribution in [0.5, 0.6) is 0 Å². The first-order valence-corrected chi connectivity index (χ1v) is 42.2. The summed E-state index contributed by atoms with van der Waals surface area (Å²) < 4.78 is 58.3. The number of methoxy groups -OCH3 is 2. The fraction of sp³-hybridized carbons (Fsp3) is 0.916. The average molecular weight is 1490 g/mol. The number of hydrogen-bond acceptors (Lipinski definition) is 18. The van der Waals surface area contributed by atoms with Gasteiger partial charge in [0.25, 0.3) is 0 Å². The van der Waals surface area contributed by atoms with Crippen LogP contribution in [-0.4, -0.2) is 118 Å². The minimum absolute atomic E-state index is 0.0464. The summed E-state index contributed by atoms with van der Waals surface area (Å²) in [7, 11) is -0.334. The van der Waals surface area contributed by atoms with Crippen LogP contribution in [0.25, 0.3) is 0 Å². The Morgan fingerprint density at radius 3 is 0.856 bits per heavy atom. The molecular formula is C83H146N4O16S. The second-order valence-electron chi connectivity index (χ2n) is 38.0. The van der Waals surface area contributed by atoms with E-state index in [1.165, 1.54) is 64.1 Å². The van der Waals surface area contributed by atoms with E-state index in [9.17, 15) is 37.2 Å². The molecule has 1 amide bonds. The highest BCUT2D eigenvalue weighted by molar-refractivity contribution is 7.88. The Bertz CT molecular complexity index is 2850. The van der Waals surface area contributed by atoms with Gasteiger partial charge in [-0.1, -0.05) is 86.0 Å². The molecular weight excluding hydrogens is 1340 g/mol. The molecule has 16 bridgehead atoms. The minimum atomic E-state index is -3.17. The van der Waals surface area contributed by atoms with Gasteiger partial charge in [0, 0.05) is 26.2 Å². The number of fused-ring (bicyclic) bond motifs is 4. The fourth-order valence-electron chi connectivity index (χ4n) is 20.4. The van der Waals surface area contributed by atoms with E-state index < -0.39 is 37.3 Å². The van der Waals surface area contributed by atoms with Gasteiger partial charge in [0.2, 0.25) is 15.9 Å². The topological polar surface area (TPSA) is 323 Å². The quantitative estimate of drug-likeness (QED) is 0.0530. The lowest BCUT2D eigenvalue weighted by Gasteiger charge is -2.61. The Labute approximate surface area is 628 Å². The van der Waals surface area contributed by atoms with Gasteiger partial charge in [-0.3, -0.25) is 28.8 Å². The van der Waals surface area contributed by atoms with E-state index in [-0.39, 0.29) is 82.3 Å². The number of amides is 1. The molecule has 21 heteroatoms. The number of nitriles is 1. The zero-order chi connectivity index (χ0) is 78.4. The number of esters is 5. The van der Waals surface area contributed by atoms with Crippen LogP contribution >= 0.6 is 0 Å². The number of rotatable bonds is 19. The van der Waals surface area contributed by atoms with Gasteiger partial charge in [0.05, 0.1) is 90.2 Å². The highest BCUT2D eigenvalue weighted by Gasteiger charge is 2.64. The zero-order valence-corrected chi connectivity index (χ0v) is 69.2. The molecule has 16 fully saturated rings. The summed E-state index contributed by atoms with van der Waals surface area (Å²) in [4.78, 5) is 71.4. The van der Waals surface area contributed by atoms with Crippen LogP contribution in [0.4, 0.5) is 0 Å². The van der Waals surface area contributed by atoms with Crippen LogP contribution in [0.1, 0.15) is 323 Å². The Kier molecular flexibility index (Phi) is 32.4. The lowest BCUT2D eigenvalue weighted by Crippen LogP contribution is -2.62. The third kappa shape index (κ3) is 24.8. The Hall–Kier alpha value is -3.94. The number of nitrogens with two attached hydrogens (primary N) is 3. The molecule has 6 unspecified atom stereocenters. The van der Waals surface area contributed by atoms with Crippen LogP contribution in [-0.2, 0) is 71.9 Å². The van der Waals surface area contributed by atoms with Crippen molar-refractivity contribution in [2.75, 3.05) is 40.4 Å². The first kappa shape index (κ1) is 90.7. The first-order chi connectivity index (χ1) is 48.2. The van der Waals surface area contributed by atoms with Crippen LogP contribution in [0, 0.1) is 103 Å². The highest BCUT2D eigenvalue weighted by atomic mass is 32.2. The first-order valence-electron chi connectivity index (χ1n) is 40.3. The molecule has 7 N–H and O–H groups in total. The van der Waals surface area contributed by atoms with Crippen molar-refractivity contribution >= 4 is 45.8 Å². The summed E-state index contributed by atoms with van der Waals surface area (Å²) in [5.74, 6) is 7.48. The maximum Gasteiger partial charge on any atom is 0.312 e. The Morgan fingerprint density at radius 1 is 0.433 bits per heavy atom. The molecule has 16 aliphatic carbocycles. The van der Waals surface area contributed by atoms with Crippen molar-refractivity contribution in [1.82, 2.24) is 0 Å². The smallest absolute Gasteiger partial charge is 0.312 e. The van der Waals surface area contributed by atoms with E-state index in [0.29, 0.717) is 48.5 Å². The van der Waals surface area contributed by atoms with Crippen molar-refractivity contribution in [3.8, 4) is 6.07 Å². The number of sulfonamides is 1. The number of carbonyl (C=O) groups excluding carboxylic acids is 6. The monoisotopic (exact) mass is 1490 g/mol. The van der Waals surface area contributed by atoms with E-state index in [2.05, 4.69) is 14.6 Å². The number of ether oxygens (including phenoxy) is 7. The van der Waals surface area contributed by atoms with Gasteiger partial charge in [-0.2, -0.15) is 5.26 Å². The zero-order valence-electron chi connectivity index (χ0n) is 68.4. The van der Waals surface area contributed by atoms with Gasteiger partial charge >= 0.3 is 29.8 Å². The van der Waals surface area contributed by atoms with E-state index >= 15 is 0 Å². The molecule has 0 saturated heterocycles. The molecule has 0 spiro atoms. The third-order valence-electron chi connectivity index (χ3n) is 27.1. The van der Waals surface area contributed by atoms with Crippen LogP contribution in [0.2, 0.25) is 0 Å². The van der Waals surface area contributed by atoms with Gasteiger partial charge in [-0.15, -0.1) is 0 Å². The molecule has 0 aromatic heterocycles. The van der Waals surface area contributed by atoms with Crippen molar-refractivity contribution in [2.45, 2.75) is 351 Å². The number of hydrogen-bond donors (Lipinski definition) is 4. The van der Waals surface area contributed by atoms with E-state index in [1.54, 1.807) is 70.3 Å². The van der Waals surface area contributed by atoms with Crippen molar-refractivity contribution in [2.24, 2.45) is 108 Å². The lowest BCUT2D eigenvalue weighted by atomic mass is 9.47. The predicted molar refractivity (Wildman–Crippen MR) is 406 cm³/mol. The Balaban J connectivity index is 0.000000223. The lowest BCUT2D eigenvalue weighted by molar-refractivity contribution is -0.239. The molecule has 600 valence electrons. The summed E-state index contributed by atoms with van der Waals surface area (Å²) in [5.41, 5.74) is 7.74. The van der Waals surface area contributed by atoms with Crippen molar-refractivity contribution in [3.05, 3.63) is 0 Å².